The molecule has 0 spiro atoms. The van der Waals surface area contributed by atoms with E-state index in [-0.39, 0.29) is 16.9 Å². The van der Waals surface area contributed by atoms with Gasteiger partial charge in [0.15, 0.2) is 0 Å². The molecule has 0 bridgehead atoms. The second kappa shape index (κ2) is 8.22. The third-order valence-electron chi connectivity index (χ3n) is 4.19. The van der Waals surface area contributed by atoms with Gasteiger partial charge in [-0.15, -0.1) is 0 Å². The van der Waals surface area contributed by atoms with Gasteiger partial charge in [-0.3, -0.25) is 4.79 Å². The number of carbonyl (C=O) groups is 1. The molecule has 1 aromatic heterocycles. The van der Waals surface area contributed by atoms with Gasteiger partial charge < -0.3 is 4.74 Å². The van der Waals surface area contributed by atoms with Gasteiger partial charge in [0.2, 0.25) is 10.0 Å². The zero-order valence-corrected chi connectivity index (χ0v) is 17.5. The molecular weight excluding hydrogens is 366 g/mol. The van der Waals surface area contributed by atoms with E-state index < -0.39 is 10.0 Å². The maximum Gasteiger partial charge on any atom is 0.278 e. The molecule has 0 fully saturated rings. The van der Waals surface area contributed by atoms with Crippen LogP contribution in [-0.4, -0.2) is 47.6 Å². The van der Waals surface area contributed by atoms with Crippen molar-refractivity contribution in [3.63, 3.8) is 0 Å². The predicted molar refractivity (Wildman–Crippen MR) is 104 cm³/mol. The summed E-state index contributed by atoms with van der Waals surface area (Å²) in [4.78, 5) is 12.9. The molecule has 7 nitrogen and oxygen atoms in total. The first kappa shape index (κ1) is 21.1. The molecule has 0 atom stereocenters. The van der Waals surface area contributed by atoms with Gasteiger partial charge in [0.05, 0.1) is 17.5 Å². The van der Waals surface area contributed by atoms with Crippen LogP contribution >= 0.6 is 0 Å². The molecule has 1 heterocycles. The Bertz CT molecular complexity index is 911. The number of hydrogen-bond donors (Lipinski definition) is 0. The van der Waals surface area contributed by atoms with Crippen LogP contribution in [0.25, 0.3) is 0 Å². The number of benzene rings is 1. The Morgan fingerprint density at radius 3 is 2.19 bits per heavy atom. The number of aryl methyl sites for hydroxylation is 1. The van der Waals surface area contributed by atoms with Crippen molar-refractivity contribution in [2.24, 2.45) is 0 Å². The summed E-state index contributed by atoms with van der Waals surface area (Å²) in [5.41, 5.74) is 1.03. The minimum Gasteiger partial charge on any atom is -0.491 e. The lowest BCUT2D eigenvalue weighted by atomic mass is 10.2. The SMILES string of the molecule is CCN(CC)S(=O)(=O)c1c(C)nn(C(=O)c2ccc(OC(C)C)cc2)c1C. The van der Waals surface area contributed by atoms with Gasteiger partial charge in [-0.1, -0.05) is 13.8 Å². The Morgan fingerprint density at radius 2 is 1.70 bits per heavy atom. The molecule has 0 N–H and O–H groups in total. The summed E-state index contributed by atoms with van der Waals surface area (Å²) in [7, 11) is -3.70. The molecule has 1 aromatic carbocycles. The molecule has 27 heavy (non-hydrogen) atoms. The molecule has 0 aliphatic rings. The largest absolute Gasteiger partial charge is 0.491 e. The highest BCUT2D eigenvalue weighted by molar-refractivity contribution is 7.89. The molecule has 2 rings (SSSR count). The summed E-state index contributed by atoms with van der Waals surface area (Å²) >= 11 is 0. The van der Waals surface area contributed by atoms with E-state index in [0.29, 0.717) is 35.8 Å². The standard InChI is InChI=1S/C19H27N3O4S/c1-7-21(8-2)27(24,25)18-14(5)20-22(15(18)6)19(23)16-9-11-17(12-10-16)26-13(3)4/h9-13H,7-8H2,1-6H3. The van der Waals surface area contributed by atoms with Gasteiger partial charge in [-0.25, -0.2) is 8.42 Å². The number of rotatable bonds is 7. The summed E-state index contributed by atoms with van der Waals surface area (Å²) in [5, 5.41) is 4.20. The minimum absolute atomic E-state index is 0.0374. The Labute approximate surface area is 161 Å². The first-order valence-electron chi connectivity index (χ1n) is 9.01. The average molecular weight is 394 g/mol. The maximum absolute atomic E-state index is 12.9. The van der Waals surface area contributed by atoms with Crippen molar-refractivity contribution in [2.45, 2.75) is 52.5 Å². The summed E-state index contributed by atoms with van der Waals surface area (Å²) in [6.07, 6.45) is 0.0374. The Kier molecular flexibility index (Phi) is 6.43. The zero-order chi connectivity index (χ0) is 20.4. The Balaban J connectivity index is 2.42. The van der Waals surface area contributed by atoms with E-state index in [1.54, 1.807) is 52.0 Å². The fourth-order valence-electron chi connectivity index (χ4n) is 2.96. The fourth-order valence-corrected chi connectivity index (χ4v) is 4.77. The van der Waals surface area contributed by atoms with Crippen molar-refractivity contribution >= 4 is 15.9 Å². The molecule has 2 aromatic rings. The first-order valence-corrected chi connectivity index (χ1v) is 10.4. The van der Waals surface area contributed by atoms with Gasteiger partial charge in [0, 0.05) is 18.7 Å². The van der Waals surface area contributed by atoms with Crippen LogP contribution in [0.4, 0.5) is 0 Å². The smallest absolute Gasteiger partial charge is 0.278 e. The summed E-state index contributed by atoms with van der Waals surface area (Å²) in [5.74, 6) is 0.285. The Hall–Kier alpha value is -2.19. The third kappa shape index (κ3) is 4.22. The van der Waals surface area contributed by atoms with Gasteiger partial charge in [-0.05, 0) is 52.0 Å². The number of sulfonamides is 1. The van der Waals surface area contributed by atoms with Crippen LogP contribution in [0.3, 0.4) is 0 Å². The molecular formula is C19H27N3O4S. The summed E-state index contributed by atoms with van der Waals surface area (Å²) in [6.45, 7) is 11.3. The average Bonchev–Trinajstić information content (AvgIpc) is 2.90. The molecule has 0 unspecified atom stereocenters. The van der Waals surface area contributed by atoms with E-state index >= 15 is 0 Å². The number of carbonyl (C=O) groups excluding carboxylic acids is 1. The van der Waals surface area contributed by atoms with Crippen molar-refractivity contribution in [2.75, 3.05) is 13.1 Å². The predicted octanol–water partition coefficient (Wildman–Crippen LogP) is 3.01. The van der Waals surface area contributed by atoms with Gasteiger partial charge >= 0.3 is 0 Å². The van der Waals surface area contributed by atoms with Crippen molar-refractivity contribution in [3.8, 4) is 5.75 Å². The topological polar surface area (TPSA) is 81.5 Å². The quantitative estimate of drug-likeness (QED) is 0.722. The van der Waals surface area contributed by atoms with E-state index in [1.165, 1.54) is 4.31 Å². The maximum atomic E-state index is 12.9. The lowest BCUT2D eigenvalue weighted by molar-refractivity contribution is 0.0942. The van der Waals surface area contributed by atoms with Crippen LogP contribution in [0.5, 0.6) is 5.75 Å². The van der Waals surface area contributed by atoms with Crippen molar-refractivity contribution in [1.29, 1.82) is 0 Å². The monoisotopic (exact) mass is 393 g/mol. The van der Waals surface area contributed by atoms with E-state index in [2.05, 4.69) is 5.10 Å². The second-order valence-electron chi connectivity index (χ2n) is 6.50. The molecule has 148 valence electrons. The van der Waals surface area contributed by atoms with Gasteiger partial charge in [0.1, 0.15) is 10.6 Å². The van der Waals surface area contributed by atoms with E-state index in [9.17, 15) is 13.2 Å². The van der Waals surface area contributed by atoms with Crippen molar-refractivity contribution < 1.29 is 17.9 Å². The molecule has 0 amide bonds. The number of ether oxygens (including phenoxy) is 1. The van der Waals surface area contributed by atoms with Gasteiger partial charge in [-0.2, -0.15) is 14.1 Å². The summed E-state index contributed by atoms with van der Waals surface area (Å²) < 4.78 is 33.9. The molecule has 0 saturated carbocycles. The molecule has 8 heteroatoms. The molecule has 0 aliphatic heterocycles. The fraction of sp³-hybridized carbons (Fsp3) is 0.474. The highest BCUT2D eigenvalue weighted by Crippen LogP contribution is 2.24. The highest BCUT2D eigenvalue weighted by Gasteiger charge is 2.30. The van der Waals surface area contributed by atoms with Crippen LogP contribution < -0.4 is 4.74 Å². The Morgan fingerprint density at radius 1 is 1.15 bits per heavy atom. The van der Waals surface area contributed by atoms with Gasteiger partial charge in [0.25, 0.3) is 5.91 Å². The van der Waals surface area contributed by atoms with E-state index in [1.807, 2.05) is 13.8 Å². The van der Waals surface area contributed by atoms with Crippen LogP contribution in [0.1, 0.15) is 49.4 Å². The first-order chi connectivity index (χ1) is 12.6. The van der Waals surface area contributed by atoms with Crippen LogP contribution in [-0.2, 0) is 10.0 Å². The zero-order valence-electron chi connectivity index (χ0n) is 16.7. The van der Waals surface area contributed by atoms with Crippen LogP contribution in [0, 0.1) is 13.8 Å². The van der Waals surface area contributed by atoms with Crippen LogP contribution in [0.2, 0.25) is 0 Å². The summed E-state index contributed by atoms with van der Waals surface area (Å²) in [6, 6.07) is 6.73. The third-order valence-corrected chi connectivity index (χ3v) is 6.50. The second-order valence-corrected chi connectivity index (χ2v) is 8.37. The minimum atomic E-state index is -3.70. The van der Waals surface area contributed by atoms with Crippen LogP contribution in [0.15, 0.2) is 29.2 Å². The van der Waals surface area contributed by atoms with E-state index in [0.717, 1.165) is 4.68 Å². The lowest BCUT2D eigenvalue weighted by Gasteiger charge is -2.18. The number of nitrogens with zero attached hydrogens (tertiary/aromatic N) is 3. The molecule has 0 radical (unpaired) electrons. The highest BCUT2D eigenvalue weighted by atomic mass is 32.2. The van der Waals surface area contributed by atoms with Crippen molar-refractivity contribution in [1.82, 2.24) is 14.1 Å². The molecule has 0 aliphatic carbocycles. The number of aromatic nitrogens is 2. The lowest BCUT2D eigenvalue weighted by Crippen LogP contribution is -2.31. The van der Waals surface area contributed by atoms with E-state index in [4.69, 9.17) is 4.74 Å². The van der Waals surface area contributed by atoms with Crippen molar-refractivity contribution in [3.05, 3.63) is 41.2 Å². The molecule has 0 saturated heterocycles. The normalized spacial score (nSPS) is 12.0. The number of hydrogen-bond acceptors (Lipinski definition) is 5.